The van der Waals surface area contributed by atoms with Gasteiger partial charge in [0, 0.05) is 21.4 Å². The molecule has 1 saturated heterocycles. The van der Waals surface area contributed by atoms with Gasteiger partial charge in [-0.05, 0) is 80.1 Å². The summed E-state index contributed by atoms with van der Waals surface area (Å²) >= 11 is 12.1. The number of carbonyl (C=O) groups is 1. The molecular formula is C24H19Cl2N3O. The molecule has 2 amide bonds. The maximum Gasteiger partial charge on any atom is 0.330 e. The summed E-state index contributed by atoms with van der Waals surface area (Å²) in [5.74, 6) is 0. The van der Waals surface area contributed by atoms with E-state index in [1.54, 1.807) is 40.1 Å². The van der Waals surface area contributed by atoms with E-state index in [1.807, 2.05) is 56.3 Å². The van der Waals surface area contributed by atoms with Gasteiger partial charge in [0.05, 0.1) is 23.2 Å². The van der Waals surface area contributed by atoms with E-state index in [0.717, 1.165) is 16.9 Å². The van der Waals surface area contributed by atoms with Gasteiger partial charge in [0.15, 0.2) is 0 Å². The minimum atomic E-state index is -0.612. The number of carbonyl (C=O) groups excluding carboxylic acids is 1. The summed E-state index contributed by atoms with van der Waals surface area (Å²) in [4.78, 5) is 17.3. The van der Waals surface area contributed by atoms with E-state index in [-0.39, 0.29) is 12.1 Å². The third-order valence-corrected chi connectivity index (χ3v) is 5.93. The summed E-state index contributed by atoms with van der Waals surface area (Å²) in [6.07, 6.45) is 0. The van der Waals surface area contributed by atoms with E-state index in [9.17, 15) is 10.1 Å². The minimum Gasteiger partial charge on any atom is -0.286 e. The SMILES string of the molecule is CC1(C)[C@@H](c2cccc(C#N)c2)N(c2ccc(Cl)cc2)C(=O)N1c1ccc(Cl)cc1. The van der Waals surface area contributed by atoms with Gasteiger partial charge in [-0.3, -0.25) is 9.80 Å². The van der Waals surface area contributed by atoms with Gasteiger partial charge in [-0.2, -0.15) is 5.26 Å². The number of hydrogen-bond donors (Lipinski definition) is 0. The number of rotatable bonds is 3. The van der Waals surface area contributed by atoms with E-state index in [1.165, 1.54) is 0 Å². The van der Waals surface area contributed by atoms with Crippen LogP contribution in [0.4, 0.5) is 16.2 Å². The predicted molar refractivity (Wildman–Crippen MR) is 121 cm³/mol. The van der Waals surface area contributed by atoms with E-state index in [0.29, 0.717) is 15.6 Å². The lowest BCUT2D eigenvalue weighted by atomic mass is 9.87. The molecule has 0 aliphatic carbocycles. The molecule has 4 rings (SSSR count). The van der Waals surface area contributed by atoms with Crippen LogP contribution in [-0.2, 0) is 0 Å². The van der Waals surface area contributed by atoms with Crippen molar-refractivity contribution in [1.29, 1.82) is 5.26 Å². The monoisotopic (exact) mass is 435 g/mol. The Kier molecular flexibility index (Phi) is 5.19. The van der Waals surface area contributed by atoms with E-state index < -0.39 is 5.54 Å². The van der Waals surface area contributed by atoms with Crippen molar-refractivity contribution in [3.8, 4) is 6.07 Å². The summed E-state index contributed by atoms with van der Waals surface area (Å²) in [5.41, 5.74) is 2.32. The summed E-state index contributed by atoms with van der Waals surface area (Å²) in [6, 6.07) is 23.6. The van der Waals surface area contributed by atoms with Crippen LogP contribution < -0.4 is 9.80 Å². The van der Waals surface area contributed by atoms with Crippen molar-refractivity contribution in [2.45, 2.75) is 25.4 Å². The van der Waals surface area contributed by atoms with Gasteiger partial charge in [-0.15, -0.1) is 0 Å². The van der Waals surface area contributed by atoms with Gasteiger partial charge in [0.1, 0.15) is 0 Å². The highest BCUT2D eigenvalue weighted by molar-refractivity contribution is 6.31. The van der Waals surface area contributed by atoms with Crippen LogP contribution in [0.2, 0.25) is 10.0 Å². The molecule has 3 aromatic rings. The number of halogens is 2. The molecule has 30 heavy (non-hydrogen) atoms. The molecule has 0 N–H and O–H groups in total. The molecule has 1 aliphatic rings. The van der Waals surface area contributed by atoms with Gasteiger partial charge in [0.2, 0.25) is 0 Å². The standard InChI is InChI=1S/C24H19Cl2N3O/c1-24(2)22(17-5-3-4-16(14-17)15-27)28(20-10-6-18(25)7-11-20)23(30)29(24)21-12-8-19(26)9-13-21/h3-14,22H,1-2H3/t22-/m1/s1. The number of amides is 2. The molecular weight excluding hydrogens is 417 g/mol. The second-order valence-electron chi connectivity index (χ2n) is 7.73. The van der Waals surface area contributed by atoms with Gasteiger partial charge in [0.25, 0.3) is 0 Å². The van der Waals surface area contributed by atoms with Crippen LogP contribution in [0.1, 0.15) is 31.0 Å². The molecule has 1 atom stereocenters. The molecule has 3 aromatic carbocycles. The molecule has 4 nitrogen and oxygen atoms in total. The van der Waals surface area contributed by atoms with Crippen LogP contribution in [-0.4, -0.2) is 11.6 Å². The Labute approximate surface area is 185 Å². The van der Waals surface area contributed by atoms with Crippen LogP contribution >= 0.6 is 23.2 Å². The first kappa shape index (κ1) is 20.3. The molecule has 0 unspecified atom stereocenters. The Morgan fingerprint density at radius 2 is 1.47 bits per heavy atom. The summed E-state index contributed by atoms with van der Waals surface area (Å²) in [5, 5.41) is 10.6. The summed E-state index contributed by atoms with van der Waals surface area (Å²) in [7, 11) is 0. The lowest BCUT2D eigenvalue weighted by Gasteiger charge is -2.35. The fourth-order valence-corrected chi connectivity index (χ4v) is 4.38. The van der Waals surface area contributed by atoms with Crippen molar-refractivity contribution in [3.05, 3.63) is 94.0 Å². The van der Waals surface area contributed by atoms with Crippen LogP contribution in [0.15, 0.2) is 72.8 Å². The second-order valence-corrected chi connectivity index (χ2v) is 8.61. The number of hydrogen-bond acceptors (Lipinski definition) is 2. The first-order chi connectivity index (χ1) is 14.3. The maximum absolute atomic E-state index is 13.8. The topological polar surface area (TPSA) is 47.3 Å². The Morgan fingerprint density at radius 3 is 2.03 bits per heavy atom. The van der Waals surface area contributed by atoms with Crippen molar-refractivity contribution < 1.29 is 4.79 Å². The fraction of sp³-hybridized carbons (Fsp3) is 0.167. The van der Waals surface area contributed by atoms with Crippen LogP contribution in [0.3, 0.4) is 0 Å². The molecule has 150 valence electrons. The Balaban J connectivity index is 1.90. The van der Waals surface area contributed by atoms with Crippen LogP contribution in [0.5, 0.6) is 0 Å². The zero-order chi connectivity index (χ0) is 21.5. The van der Waals surface area contributed by atoms with Crippen molar-refractivity contribution >= 4 is 40.6 Å². The van der Waals surface area contributed by atoms with Gasteiger partial charge >= 0.3 is 6.03 Å². The van der Waals surface area contributed by atoms with Crippen molar-refractivity contribution in [1.82, 2.24) is 0 Å². The molecule has 0 saturated carbocycles. The number of anilines is 2. The van der Waals surface area contributed by atoms with Crippen molar-refractivity contribution in [3.63, 3.8) is 0 Å². The van der Waals surface area contributed by atoms with E-state index >= 15 is 0 Å². The lowest BCUT2D eigenvalue weighted by molar-refractivity contribution is 0.254. The molecule has 1 heterocycles. The average molecular weight is 436 g/mol. The minimum absolute atomic E-state index is 0.156. The Morgan fingerprint density at radius 1 is 0.900 bits per heavy atom. The second kappa shape index (κ2) is 7.68. The largest absolute Gasteiger partial charge is 0.330 e. The number of nitrogens with zero attached hydrogens (tertiary/aromatic N) is 3. The highest BCUT2D eigenvalue weighted by atomic mass is 35.5. The highest BCUT2D eigenvalue weighted by Gasteiger charge is 2.53. The summed E-state index contributed by atoms with van der Waals surface area (Å²) in [6.45, 7) is 4.05. The number of benzene rings is 3. The normalized spacial score (nSPS) is 17.8. The molecule has 0 aromatic heterocycles. The van der Waals surface area contributed by atoms with Gasteiger partial charge < -0.3 is 0 Å². The maximum atomic E-state index is 13.8. The van der Waals surface area contributed by atoms with Gasteiger partial charge in [-0.25, -0.2) is 4.79 Å². The fourth-order valence-electron chi connectivity index (χ4n) is 4.13. The van der Waals surface area contributed by atoms with Gasteiger partial charge in [-0.1, -0.05) is 35.3 Å². The zero-order valence-electron chi connectivity index (χ0n) is 16.5. The number of urea groups is 1. The first-order valence-electron chi connectivity index (χ1n) is 9.47. The molecule has 6 heteroatoms. The van der Waals surface area contributed by atoms with Crippen molar-refractivity contribution in [2.24, 2.45) is 0 Å². The lowest BCUT2D eigenvalue weighted by Crippen LogP contribution is -2.43. The van der Waals surface area contributed by atoms with Crippen LogP contribution in [0, 0.1) is 11.3 Å². The molecule has 0 radical (unpaired) electrons. The third-order valence-electron chi connectivity index (χ3n) is 5.42. The zero-order valence-corrected chi connectivity index (χ0v) is 18.0. The third kappa shape index (κ3) is 3.41. The Hall–Kier alpha value is -3.00. The van der Waals surface area contributed by atoms with E-state index in [2.05, 4.69) is 6.07 Å². The Bertz CT molecular complexity index is 1130. The quantitative estimate of drug-likeness (QED) is 0.452. The number of nitriles is 1. The highest BCUT2D eigenvalue weighted by Crippen LogP contribution is 2.47. The van der Waals surface area contributed by atoms with Crippen molar-refractivity contribution in [2.75, 3.05) is 9.80 Å². The smallest absolute Gasteiger partial charge is 0.286 e. The summed E-state index contributed by atoms with van der Waals surface area (Å²) < 4.78 is 0. The van der Waals surface area contributed by atoms with E-state index in [4.69, 9.17) is 23.2 Å². The average Bonchev–Trinajstić information content (AvgIpc) is 2.94. The molecule has 1 aliphatic heterocycles. The molecule has 0 spiro atoms. The molecule has 0 bridgehead atoms. The molecule has 1 fully saturated rings. The van der Waals surface area contributed by atoms with Crippen LogP contribution in [0.25, 0.3) is 0 Å². The predicted octanol–water partition coefficient (Wildman–Crippen LogP) is 6.83. The first-order valence-corrected chi connectivity index (χ1v) is 10.2.